The summed E-state index contributed by atoms with van der Waals surface area (Å²) in [7, 11) is 3.60. The Morgan fingerprint density at radius 1 is 1.14 bits per heavy atom. The fourth-order valence-electron chi connectivity index (χ4n) is 3.55. The molecule has 0 saturated carbocycles. The summed E-state index contributed by atoms with van der Waals surface area (Å²) in [5.74, 6) is 2.01. The lowest BCUT2D eigenvalue weighted by Gasteiger charge is -2.36. The molecule has 2 atom stereocenters. The zero-order chi connectivity index (χ0) is 15.3. The van der Waals surface area contributed by atoms with E-state index in [-0.39, 0.29) is 5.56 Å². The fourth-order valence-corrected chi connectivity index (χ4v) is 3.55. The number of hydrogen-bond acceptors (Lipinski definition) is 4. The van der Waals surface area contributed by atoms with Crippen LogP contribution in [-0.2, 0) is 14.1 Å². The summed E-state index contributed by atoms with van der Waals surface area (Å²) >= 11 is 0. The second-order valence-electron chi connectivity index (χ2n) is 6.53. The lowest BCUT2D eigenvalue weighted by molar-refractivity contribution is 0.351. The molecular weight excluding hydrogens is 266 g/mol. The number of aryl methyl sites for hydroxylation is 2. The predicted octanol–water partition coefficient (Wildman–Crippen LogP) is 1.46. The van der Waals surface area contributed by atoms with Gasteiger partial charge in [0.1, 0.15) is 5.52 Å². The molecule has 3 rings (SSSR count). The maximum atomic E-state index is 12.6. The van der Waals surface area contributed by atoms with Crippen LogP contribution in [0.15, 0.2) is 4.79 Å². The Hall–Kier alpha value is -1.85. The minimum absolute atomic E-state index is 0.0241. The summed E-state index contributed by atoms with van der Waals surface area (Å²) in [6.07, 6.45) is 1.23. The molecular formula is C15H23N5O. The number of aromatic nitrogens is 4. The average molecular weight is 289 g/mol. The van der Waals surface area contributed by atoms with Crippen molar-refractivity contribution in [2.45, 2.75) is 27.2 Å². The third-order valence-corrected chi connectivity index (χ3v) is 4.36. The highest BCUT2D eigenvalue weighted by Crippen LogP contribution is 2.25. The van der Waals surface area contributed by atoms with Crippen LogP contribution in [0.4, 0.5) is 5.95 Å². The van der Waals surface area contributed by atoms with Gasteiger partial charge < -0.3 is 4.90 Å². The number of nitrogens with zero attached hydrogens (tertiary/aromatic N) is 5. The molecule has 0 bridgehead atoms. The van der Waals surface area contributed by atoms with Gasteiger partial charge in [0.05, 0.1) is 5.69 Å². The van der Waals surface area contributed by atoms with Gasteiger partial charge in [-0.05, 0) is 25.2 Å². The number of rotatable bonds is 1. The second kappa shape index (κ2) is 4.86. The Kier molecular flexibility index (Phi) is 3.26. The maximum Gasteiger partial charge on any atom is 0.280 e. The Bertz CT molecular complexity index is 735. The molecule has 0 N–H and O–H groups in total. The number of piperidine rings is 1. The van der Waals surface area contributed by atoms with Crippen LogP contribution in [0.5, 0.6) is 0 Å². The minimum Gasteiger partial charge on any atom is -0.342 e. The third kappa shape index (κ3) is 2.22. The largest absolute Gasteiger partial charge is 0.342 e. The lowest BCUT2D eigenvalue weighted by Crippen LogP contribution is -2.42. The van der Waals surface area contributed by atoms with Crippen molar-refractivity contribution in [1.82, 2.24) is 19.3 Å². The van der Waals surface area contributed by atoms with Gasteiger partial charge in [-0.2, -0.15) is 5.10 Å². The van der Waals surface area contributed by atoms with Gasteiger partial charge in [-0.1, -0.05) is 13.8 Å². The van der Waals surface area contributed by atoms with Crippen molar-refractivity contribution in [2.75, 3.05) is 18.0 Å². The van der Waals surface area contributed by atoms with E-state index in [0.717, 1.165) is 30.2 Å². The molecule has 0 aliphatic carbocycles. The van der Waals surface area contributed by atoms with Crippen molar-refractivity contribution in [1.29, 1.82) is 0 Å². The molecule has 1 fully saturated rings. The highest BCUT2D eigenvalue weighted by molar-refractivity contribution is 5.77. The van der Waals surface area contributed by atoms with E-state index in [0.29, 0.717) is 17.4 Å². The van der Waals surface area contributed by atoms with Crippen molar-refractivity contribution in [3.63, 3.8) is 0 Å². The highest BCUT2D eigenvalue weighted by Gasteiger charge is 2.26. The van der Waals surface area contributed by atoms with E-state index in [9.17, 15) is 4.79 Å². The van der Waals surface area contributed by atoms with Crippen LogP contribution in [0.1, 0.15) is 26.0 Å². The lowest BCUT2D eigenvalue weighted by atomic mass is 9.92. The molecule has 0 amide bonds. The van der Waals surface area contributed by atoms with Crippen molar-refractivity contribution < 1.29 is 0 Å². The molecule has 21 heavy (non-hydrogen) atoms. The monoisotopic (exact) mass is 289 g/mol. The molecule has 1 saturated heterocycles. The zero-order valence-corrected chi connectivity index (χ0v) is 13.4. The maximum absolute atomic E-state index is 12.6. The van der Waals surface area contributed by atoms with E-state index in [1.165, 1.54) is 6.42 Å². The molecule has 1 aliphatic rings. The fraction of sp³-hybridized carbons (Fsp3) is 0.667. The SMILES string of the molecule is Cc1nn(C)c2c(=O)n(C)c(N3CC(C)CC(C)C3)nc12. The van der Waals surface area contributed by atoms with Crippen LogP contribution in [0.2, 0.25) is 0 Å². The van der Waals surface area contributed by atoms with Gasteiger partial charge in [-0.15, -0.1) is 0 Å². The predicted molar refractivity (Wildman–Crippen MR) is 83.6 cm³/mol. The van der Waals surface area contributed by atoms with Gasteiger partial charge in [0, 0.05) is 27.2 Å². The third-order valence-electron chi connectivity index (χ3n) is 4.36. The highest BCUT2D eigenvalue weighted by atomic mass is 16.1. The Labute approximate surface area is 124 Å². The molecule has 0 aromatic carbocycles. The van der Waals surface area contributed by atoms with E-state index in [1.54, 1.807) is 23.3 Å². The first kappa shape index (κ1) is 14.1. The average Bonchev–Trinajstić information content (AvgIpc) is 2.67. The molecule has 1 aliphatic heterocycles. The molecule has 6 nitrogen and oxygen atoms in total. The van der Waals surface area contributed by atoms with Gasteiger partial charge >= 0.3 is 0 Å². The van der Waals surface area contributed by atoms with Crippen LogP contribution in [0.3, 0.4) is 0 Å². The van der Waals surface area contributed by atoms with E-state index in [1.807, 2.05) is 6.92 Å². The van der Waals surface area contributed by atoms with Crippen LogP contribution < -0.4 is 10.5 Å². The Balaban J connectivity index is 2.17. The van der Waals surface area contributed by atoms with E-state index < -0.39 is 0 Å². The summed E-state index contributed by atoms with van der Waals surface area (Å²) < 4.78 is 3.29. The van der Waals surface area contributed by atoms with E-state index >= 15 is 0 Å². The summed E-state index contributed by atoms with van der Waals surface area (Å²) in [5, 5.41) is 4.33. The van der Waals surface area contributed by atoms with Crippen LogP contribution in [0, 0.1) is 18.8 Å². The van der Waals surface area contributed by atoms with Gasteiger partial charge in [0.15, 0.2) is 5.52 Å². The molecule has 3 heterocycles. The molecule has 2 aromatic rings. The van der Waals surface area contributed by atoms with E-state index in [4.69, 9.17) is 4.98 Å². The van der Waals surface area contributed by atoms with Gasteiger partial charge in [0.25, 0.3) is 5.56 Å². The summed E-state index contributed by atoms with van der Waals surface area (Å²) in [4.78, 5) is 19.6. The molecule has 2 unspecified atom stereocenters. The van der Waals surface area contributed by atoms with Crippen molar-refractivity contribution in [2.24, 2.45) is 25.9 Å². The molecule has 114 valence electrons. The minimum atomic E-state index is -0.0241. The first-order chi connectivity index (χ1) is 9.88. The Morgan fingerprint density at radius 2 is 1.76 bits per heavy atom. The zero-order valence-electron chi connectivity index (χ0n) is 13.4. The number of anilines is 1. The number of fused-ring (bicyclic) bond motifs is 1. The molecule has 6 heteroatoms. The van der Waals surface area contributed by atoms with Gasteiger partial charge in [0.2, 0.25) is 5.95 Å². The van der Waals surface area contributed by atoms with Crippen LogP contribution >= 0.6 is 0 Å². The van der Waals surface area contributed by atoms with Crippen LogP contribution in [-0.4, -0.2) is 32.4 Å². The first-order valence-electron chi connectivity index (χ1n) is 7.53. The summed E-state index contributed by atoms with van der Waals surface area (Å²) in [6.45, 7) is 8.33. The standard InChI is InChI=1S/C15H23N5O/c1-9-6-10(2)8-20(7-9)15-16-12-11(3)17-19(5)13(12)14(21)18(15)4/h9-10H,6-8H2,1-5H3. The topological polar surface area (TPSA) is 56.0 Å². The van der Waals surface area contributed by atoms with Crippen molar-refractivity contribution in [3.8, 4) is 0 Å². The normalized spacial score (nSPS) is 23.0. The summed E-state index contributed by atoms with van der Waals surface area (Å²) in [5.41, 5.74) is 2.09. The van der Waals surface area contributed by atoms with Gasteiger partial charge in [-0.3, -0.25) is 14.0 Å². The van der Waals surface area contributed by atoms with E-state index in [2.05, 4.69) is 23.8 Å². The molecule has 2 aromatic heterocycles. The van der Waals surface area contributed by atoms with Crippen molar-refractivity contribution >= 4 is 17.0 Å². The van der Waals surface area contributed by atoms with Crippen LogP contribution in [0.25, 0.3) is 11.0 Å². The summed E-state index contributed by atoms with van der Waals surface area (Å²) in [6, 6.07) is 0. The smallest absolute Gasteiger partial charge is 0.280 e. The Morgan fingerprint density at radius 3 is 2.38 bits per heavy atom. The molecule has 0 radical (unpaired) electrons. The van der Waals surface area contributed by atoms with Crippen molar-refractivity contribution in [3.05, 3.63) is 16.0 Å². The second-order valence-corrected chi connectivity index (χ2v) is 6.53. The molecule has 0 spiro atoms. The quantitative estimate of drug-likeness (QED) is 0.797. The number of hydrogen-bond donors (Lipinski definition) is 0. The first-order valence-corrected chi connectivity index (χ1v) is 7.53. The van der Waals surface area contributed by atoms with Gasteiger partial charge in [-0.25, -0.2) is 4.98 Å².